The largest absolute Gasteiger partial charge is 0.491 e. The van der Waals surface area contributed by atoms with Crippen molar-refractivity contribution in [3.63, 3.8) is 0 Å². The summed E-state index contributed by atoms with van der Waals surface area (Å²) in [6, 6.07) is 5.73. The third-order valence-corrected chi connectivity index (χ3v) is 2.70. The summed E-state index contributed by atoms with van der Waals surface area (Å²) in [5, 5.41) is 20.5. The van der Waals surface area contributed by atoms with Crippen LogP contribution in [-0.2, 0) is 16.0 Å². The second-order valence-electron chi connectivity index (χ2n) is 5.11. The summed E-state index contributed by atoms with van der Waals surface area (Å²) in [4.78, 5) is 22.7. The van der Waals surface area contributed by atoms with E-state index in [1.54, 1.807) is 24.3 Å². The van der Waals surface area contributed by atoms with E-state index in [9.17, 15) is 14.7 Å². The van der Waals surface area contributed by atoms with Gasteiger partial charge in [-0.1, -0.05) is 12.1 Å². The van der Waals surface area contributed by atoms with E-state index in [4.69, 9.17) is 9.84 Å². The summed E-state index contributed by atoms with van der Waals surface area (Å²) >= 11 is 0. The van der Waals surface area contributed by atoms with E-state index in [2.05, 4.69) is 5.32 Å². The lowest BCUT2D eigenvalue weighted by molar-refractivity contribution is -0.144. The number of carboxylic acid groups (broad SMARTS) is 1. The molecule has 0 unspecified atom stereocenters. The van der Waals surface area contributed by atoms with Gasteiger partial charge < -0.3 is 20.3 Å². The van der Waals surface area contributed by atoms with Crippen LogP contribution in [-0.4, -0.2) is 40.3 Å². The van der Waals surface area contributed by atoms with E-state index in [1.807, 2.05) is 13.8 Å². The minimum Gasteiger partial charge on any atom is -0.491 e. The van der Waals surface area contributed by atoms with Crippen LogP contribution in [0.25, 0.3) is 0 Å². The number of carbonyl (C=O) groups excluding carboxylic acids is 1. The Kier molecular flexibility index (Phi) is 6.17. The minimum atomic E-state index is -1.31. The van der Waals surface area contributed by atoms with Crippen molar-refractivity contribution >= 4 is 11.9 Å². The lowest BCUT2D eigenvalue weighted by atomic mass is 10.1. The number of ether oxygens (including phenoxy) is 1. The molecule has 0 aliphatic carbocycles. The molecule has 3 N–H and O–H groups in total. The first-order valence-corrected chi connectivity index (χ1v) is 6.75. The van der Waals surface area contributed by atoms with E-state index in [0.29, 0.717) is 11.3 Å². The molecule has 2 atom stereocenters. The van der Waals surface area contributed by atoms with E-state index in [0.717, 1.165) is 0 Å². The lowest BCUT2D eigenvalue weighted by Crippen LogP contribution is -2.48. The van der Waals surface area contributed by atoms with Crippen LogP contribution in [0.15, 0.2) is 24.3 Å². The molecule has 1 rings (SSSR count). The number of nitrogens with one attached hydrogen (secondary N) is 1. The number of aliphatic carboxylic acids is 1. The fraction of sp³-hybridized carbons (Fsp3) is 0.467. The first kappa shape index (κ1) is 17.0. The van der Waals surface area contributed by atoms with Crippen molar-refractivity contribution in [3.05, 3.63) is 29.8 Å². The topological polar surface area (TPSA) is 95.9 Å². The summed E-state index contributed by atoms with van der Waals surface area (Å²) in [5.74, 6) is -1.08. The van der Waals surface area contributed by atoms with E-state index >= 15 is 0 Å². The molecule has 1 aromatic carbocycles. The zero-order valence-electron chi connectivity index (χ0n) is 12.4. The SMILES string of the molecule is CC(C)Oc1cccc(CC(=O)N[C@H](C(=O)O)[C@@H](C)O)c1. The molecule has 0 bridgehead atoms. The van der Waals surface area contributed by atoms with Gasteiger partial charge in [0.15, 0.2) is 6.04 Å². The maximum Gasteiger partial charge on any atom is 0.328 e. The van der Waals surface area contributed by atoms with Gasteiger partial charge in [-0.25, -0.2) is 4.79 Å². The van der Waals surface area contributed by atoms with E-state index < -0.39 is 24.0 Å². The Hall–Kier alpha value is -2.08. The number of carboxylic acids is 1. The Labute approximate surface area is 123 Å². The van der Waals surface area contributed by atoms with Crippen molar-refractivity contribution in [3.8, 4) is 5.75 Å². The van der Waals surface area contributed by atoms with Gasteiger partial charge in [-0.15, -0.1) is 0 Å². The molecule has 6 nitrogen and oxygen atoms in total. The summed E-state index contributed by atoms with van der Waals surface area (Å²) in [7, 11) is 0. The highest BCUT2D eigenvalue weighted by Crippen LogP contribution is 2.15. The quantitative estimate of drug-likeness (QED) is 0.696. The van der Waals surface area contributed by atoms with Crippen LogP contribution in [0, 0.1) is 0 Å². The Bertz CT molecular complexity index is 499. The summed E-state index contributed by atoms with van der Waals surface area (Å²) < 4.78 is 5.53. The summed E-state index contributed by atoms with van der Waals surface area (Å²) in [5.41, 5.74) is 0.709. The molecule has 6 heteroatoms. The molecule has 0 spiro atoms. The highest BCUT2D eigenvalue weighted by Gasteiger charge is 2.24. The number of aliphatic hydroxyl groups excluding tert-OH is 1. The molecular weight excluding hydrogens is 274 g/mol. The molecule has 0 aliphatic heterocycles. The second kappa shape index (κ2) is 7.64. The first-order chi connectivity index (χ1) is 9.79. The first-order valence-electron chi connectivity index (χ1n) is 6.75. The minimum absolute atomic E-state index is 0.0196. The van der Waals surface area contributed by atoms with Crippen molar-refractivity contribution < 1.29 is 24.5 Å². The molecule has 0 aliphatic rings. The summed E-state index contributed by atoms with van der Waals surface area (Å²) in [6.07, 6.45) is -1.12. The maximum absolute atomic E-state index is 11.8. The molecule has 0 heterocycles. The third-order valence-electron chi connectivity index (χ3n) is 2.70. The average Bonchev–Trinajstić information content (AvgIpc) is 2.34. The van der Waals surface area contributed by atoms with E-state index in [-0.39, 0.29) is 12.5 Å². The van der Waals surface area contributed by atoms with Gasteiger partial charge in [-0.3, -0.25) is 4.79 Å². The Morgan fingerprint density at radius 3 is 2.48 bits per heavy atom. The van der Waals surface area contributed by atoms with Gasteiger partial charge in [-0.05, 0) is 38.5 Å². The molecule has 0 saturated carbocycles. The standard InChI is InChI=1S/C15H21NO5/c1-9(2)21-12-6-4-5-11(7-12)8-13(18)16-14(10(3)17)15(19)20/h4-7,9-10,14,17H,8H2,1-3H3,(H,16,18)(H,19,20)/t10-,14+/m1/s1. The second-order valence-corrected chi connectivity index (χ2v) is 5.11. The third kappa shape index (κ3) is 5.83. The van der Waals surface area contributed by atoms with Gasteiger partial charge in [0, 0.05) is 0 Å². The zero-order valence-corrected chi connectivity index (χ0v) is 12.4. The van der Waals surface area contributed by atoms with Crippen LogP contribution >= 0.6 is 0 Å². The van der Waals surface area contributed by atoms with Crippen LogP contribution in [0.2, 0.25) is 0 Å². The summed E-state index contributed by atoms with van der Waals surface area (Å²) in [6.45, 7) is 5.12. The van der Waals surface area contributed by atoms with Gasteiger partial charge in [-0.2, -0.15) is 0 Å². The van der Waals surface area contributed by atoms with Gasteiger partial charge in [0.25, 0.3) is 0 Å². The number of rotatable bonds is 7. The van der Waals surface area contributed by atoms with Crippen LogP contribution < -0.4 is 10.1 Å². The molecule has 1 amide bonds. The van der Waals surface area contributed by atoms with Crippen LogP contribution in [0.5, 0.6) is 5.75 Å². The van der Waals surface area contributed by atoms with Crippen molar-refractivity contribution in [2.45, 2.75) is 45.4 Å². The molecule has 0 saturated heterocycles. The van der Waals surface area contributed by atoms with Crippen LogP contribution in [0.1, 0.15) is 26.3 Å². The van der Waals surface area contributed by atoms with Gasteiger partial charge in [0.2, 0.25) is 5.91 Å². The zero-order chi connectivity index (χ0) is 16.0. The number of benzene rings is 1. The predicted octanol–water partition coefficient (Wildman–Crippen LogP) is 0.967. The highest BCUT2D eigenvalue weighted by molar-refractivity contribution is 5.85. The average molecular weight is 295 g/mol. The van der Waals surface area contributed by atoms with Crippen LogP contribution in [0.3, 0.4) is 0 Å². The molecule has 116 valence electrons. The normalized spacial score (nSPS) is 13.6. The maximum atomic E-state index is 11.8. The number of hydrogen-bond donors (Lipinski definition) is 3. The Morgan fingerprint density at radius 1 is 1.29 bits per heavy atom. The van der Waals surface area contributed by atoms with Crippen LogP contribution in [0.4, 0.5) is 0 Å². The van der Waals surface area contributed by atoms with Crippen molar-refractivity contribution in [1.29, 1.82) is 0 Å². The van der Waals surface area contributed by atoms with Crippen molar-refractivity contribution in [2.24, 2.45) is 0 Å². The molecule has 0 fully saturated rings. The van der Waals surface area contributed by atoms with E-state index in [1.165, 1.54) is 6.92 Å². The van der Waals surface area contributed by atoms with Gasteiger partial charge in [0.1, 0.15) is 5.75 Å². The number of carbonyl (C=O) groups is 2. The lowest BCUT2D eigenvalue weighted by Gasteiger charge is -2.17. The Morgan fingerprint density at radius 2 is 1.95 bits per heavy atom. The monoisotopic (exact) mass is 295 g/mol. The molecule has 21 heavy (non-hydrogen) atoms. The number of aliphatic hydroxyl groups is 1. The number of hydrogen-bond acceptors (Lipinski definition) is 4. The highest BCUT2D eigenvalue weighted by atomic mass is 16.5. The van der Waals surface area contributed by atoms with Crippen molar-refractivity contribution in [1.82, 2.24) is 5.32 Å². The Balaban J connectivity index is 2.68. The number of amides is 1. The van der Waals surface area contributed by atoms with Crippen molar-refractivity contribution in [2.75, 3.05) is 0 Å². The van der Waals surface area contributed by atoms with Gasteiger partial charge >= 0.3 is 5.97 Å². The smallest absolute Gasteiger partial charge is 0.328 e. The predicted molar refractivity (Wildman–Crippen MR) is 77.2 cm³/mol. The fourth-order valence-corrected chi connectivity index (χ4v) is 1.80. The molecular formula is C15H21NO5. The fourth-order valence-electron chi connectivity index (χ4n) is 1.80. The van der Waals surface area contributed by atoms with Gasteiger partial charge in [0.05, 0.1) is 18.6 Å². The molecule has 0 radical (unpaired) electrons. The molecule has 0 aromatic heterocycles. The molecule has 1 aromatic rings.